The van der Waals surface area contributed by atoms with Crippen LogP contribution >= 0.6 is 0 Å². The number of nitrogens with one attached hydrogen (secondary N) is 1. The highest BCUT2D eigenvalue weighted by atomic mass is 16.3. The fourth-order valence-corrected chi connectivity index (χ4v) is 11.6. The van der Waals surface area contributed by atoms with Crippen LogP contribution in [0, 0.1) is 34.5 Å². The third-order valence-corrected chi connectivity index (χ3v) is 13.9. The Morgan fingerprint density at radius 2 is 1.60 bits per heavy atom. The standard InChI is InChI=1S/C46H49N3O6/c50-36-18-11-28(20-39(36)53)10-16-33-34-2-1-3-37(51)41(34)43(55)42(54)35(33)17-9-27-4-6-29(7-5-27)23-47-25-45(40-24-48-26-49-40)21-30-8-12-31-13-14-32-15-19-38(52)44(45)46(31,32)22-30/h1-8,10-12,16,18,20,24,30-32,38,44,47,50-55H,9,13-15,17,19,21-23,25-26H2/t30-,31-,32-,38+,44+,45+,46-/m0/s1. The summed E-state index contributed by atoms with van der Waals surface area (Å²) in [7, 11) is 0. The number of benzene rings is 4. The Hall–Kier alpha value is -5.12. The van der Waals surface area contributed by atoms with Crippen LogP contribution in [0.15, 0.2) is 82.8 Å². The van der Waals surface area contributed by atoms with Gasteiger partial charge in [0.25, 0.3) is 0 Å². The fraction of sp³-hybridized carbons (Fsp3) is 0.391. The van der Waals surface area contributed by atoms with E-state index in [0.717, 1.165) is 42.6 Å². The number of nitrogens with zero attached hydrogens (tertiary/aromatic N) is 2. The second-order valence-electron chi connectivity index (χ2n) is 16.6. The highest BCUT2D eigenvalue weighted by Crippen LogP contribution is 2.71. The molecule has 0 aromatic heterocycles. The first kappa shape index (κ1) is 35.6. The second-order valence-corrected chi connectivity index (χ2v) is 16.6. The number of aromatic hydroxyl groups is 5. The summed E-state index contributed by atoms with van der Waals surface area (Å²) in [6.45, 7) is 1.90. The summed E-state index contributed by atoms with van der Waals surface area (Å²) in [5.74, 6) is 0.595. The molecule has 1 heterocycles. The van der Waals surface area contributed by atoms with Crippen molar-refractivity contribution in [3.63, 3.8) is 0 Å². The van der Waals surface area contributed by atoms with E-state index in [0.29, 0.717) is 65.9 Å². The van der Waals surface area contributed by atoms with E-state index in [4.69, 9.17) is 4.99 Å². The van der Waals surface area contributed by atoms with Gasteiger partial charge in [0.1, 0.15) is 12.4 Å². The van der Waals surface area contributed by atoms with Crippen LogP contribution < -0.4 is 5.32 Å². The van der Waals surface area contributed by atoms with Gasteiger partial charge in [0, 0.05) is 36.2 Å². The topological polar surface area (TPSA) is 158 Å². The maximum atomic E-state index is 11.9. The van der Waals surface area contributed by atoms with Gasteiger partial charge < -0.3 is 36.0 Å². The zero-order valence-electron chi connectivity index (χ0n) is 30.9. The van der Waals surface area contributed by atoms with E-state index in [1.54, 1.807) is 30.4 Å². The molecule has 9 nitrogen and oxygen atoms in total. The molecule has 1 spiro atoms. The molecule has 284 valence electrons. The van der Waals surface area contributed by atoms with Crippen LogP contribution in [0.2, 0.25) is 0 Å². The third-order valence-electron chi connectivity index (χ3n) is 13.9. The number of rotatable bonds is 10. The average Bonchev–Trinajstić information content (AvgIpc) is 3.86. The quantitative estimate of drug-likeness (QED) is 0.0500. The van der Waals surface area contributed by atoms with Crippen LogP contribution in [0.4, 0.5) is 0 Å². The van der Waals surface area contributed by atoms with Crippen molar-refractivity contribution in [2.75, 3.05) is 13.2 Å². The van der Waals surface area contributed by atoms with Gasteiger partial charge in [0.05, 0.1) is 17.2 Å². The smallest absolute Gasteiger partial charge is 0.169 e. The number of aliphatic imine (C=N–C) groups is 2. The van der Waals surface area contributed by atoms with Crippen LogP contribution in [0.25, 0.3) is 22.9 Å². The van der Waals surface area contributed by atoms with Gasteiger partial charge in [-0.2, -0.15) is 0 Å². The summed E-state index contributed by atoms with van der Waals surface area (Å²) in [5, 5.41) is 69.1. The van der Waals surface area contributed by atoms with Gasteiger partial charge in [-0.15, -0.1) is 0 Å². The van der Waals surface area contributed by atoms with Gasteiger partial charge in [0.15, 0.2) is 23.0 Å². The van der Waals surface area contributed by atoms with Crippen molar-refractivity contribution >= 4 is 34.9 Å². The predicted octanol–water partition coefficient (Wildman–Crippen LogP) is 7.65. The van der Waals surface area contributed by atoms with Gasteiger partial charge in [-0.05, 0) is 120 Å². The molecular weight excluding hydrogens is 691 g/mol. The van der Waals surface area contributed by atoms with Gasteiger partial charge in [-0.25, -0.2) is 0 Å². The molecule has 0 amide bonds. The Morgan fingerprint density at radius 1 is 0.782 bits per heavy atom. The van der Waals surface area contributed by atoms with Gasteiger partial charge in [0.2, 0.25) is 0 Å². The van der Waals surface area contributed by atoms with E-state index in [1.165, 1.54) is 37.5 Å². The predicted molar refractivity (Wildman–Crippen MR) is 216 cm³/mol. The van der Waals surface area contributed by atoms with E-state index in [9.17, 15) is 30.6 Å². The average molecular weight is 740 g/mol. The number of phenols is 5. The molecular formula is C46H49N3O6. The van der Waals surface area contributed by atoms with Crippen molar-refractivity contribution in [3.05, 3.63) is 101 Å². The van der Waals surface area contributed by atoms with Crippen molar-refractivity contribution < 1.29 is 30.6 Å². The lowest BCUT2D eigenvalue weighted by Crippen LogP contribution is -2.65. The Balaban J connectivity index is 0.939. The SMILES string of the molecule is Oc1ccc(C=Cc2c(CCc3ccc(CNC[C@@]4(C5=NCN=C5)C[C@@H]5C=C[C@H]6CC[C@H]7CC[C@@H](O)[C@H]4[C@]76C5)cc3)c(O)c(O)c3c(O)cccc23)cc1O. The first-order chi connectivity index (χ1) is 26.7. The molecule has 2 bridgehead atoms. The minimum absolute atomic E-state index is 0.137. The van der Waals surface area contributed by atoms with Crippen LogP contribution in [0.5, 0.6) is 28.7 Å². The number of aryl methyl sites for hydroxylation is 1. The van der Waals surface area contributed by atoms with Crippen molar-refractivity contribution in [2.24, 2.45) is 44.5 Å². The Labute approximate surface area is 321 Å². The second kappa shape index (κ2) is 13.9. The lowest BCUT2D eigenvalue weighted by atomic mass is 9.40. The summed E-state index contributed by atoms with van der Waals surface area (Å²) in [6.07, 6.45) is 17.8. The van der Waals surface area contributed by atoms with E-state index < -0.39 is 0 Å². The summed E-state index contributed by atoms with van der Waals surface area (Å²) >= 11 is 0. The molecule has 0 unspecified atom stereocenters. The zero-order chi connectivity index (χ0) is 37.9. The summed E-state index contributed by atoms with van der Waals surface area (Å²) < 4.78 is 0. The maximum Gasteiger partial charge on any atom is 0.169 e. The van der Waals surface area contributed by atoms with Gasteiger partial charge >= 0.3 is 0 Å². The van der Waals surface area contributed by atoms with E-state index in [1.807, 2.05) is 6.21 Å². The number of allylic oxidation sites excluding steroid dienone is 2. The van der Waals surface area contributed by atoms with Crippen LogP contribution in [-0.4, -0.2) is 61.9 Å². The molecule has 7 atom stereocenters. The Bertz CT molecular complexity index is 2260. The van der Waals surface area contributed by atoms with Gasteiger partial charge in [-0.1, -0.05) is 66.8 Å². The Morgan fingerprint density at radius 3 is 2.40 bits per heavy atom. The molecule has 0 radical (unpaired) electrons. The molecule has 55 heavy (non-hydrogen) atoms. The molecule has 9 rings (SSSR count). The molecule has 3 fully saturated rings. The highest BCUT2D eigenvalue weighted by Gasteiger charge is 2.68. The molecule has 9 heteroatoms. The third kappa shape index (κ3) is 5.90. The number of phenolic OH excluding ortho intramolecular Hbond substituents is 5. The molecule has 4 aromatic rings. The number of aliphatic hydroxyl groups excluding tert-OH is 1. The zero-order valence-corrected chi connectivity index (χ0v) is 30.9. The summed E-state index contributed by atoms with van der Waals surface area (Å²) in [5.41, 5.74) is 4.96. The molecule has 7 N–H and O–H groups in total. The minimum atomic E-state index is -0.367. The van der Waals surface area contributed by atoms with Crippen molar-refractivity contribution in [1.82, 2.24) is 5.32 Å². The lowest BCUT2D eigenvalue weighted by molar-refractivity contribution is -0.150. The number of fused-ring (bicyclic) bond motifs is 2. The number of hydrogen-bond acceptors (Lipinski definition) is 9. The highest BCUT2D eigenvalue weighted by molar-refractivity contribution is 6.34. The van der Waals surface area contributed by atoms with E-state index in [-0.39, 0.29) is 57.0 Å². The first-order valence-corrected chi connectivity index (χ1v) is 19.8. The number of hydrogen-bond donors (Lipinski definition) is 7. The van der Waals surface area contributed by atoms with Crippen molar-refractivity contribution in [2.45, 2.75) is 64.0 Å². The van der Waals surface area contributed by atoms with Crippen LogP contribution in [-0.2, 0) is 19.4 Å². The van der Waals surface area contributed by atoms with Gasteiger partial charge in [-0.3, -0.25) is 9.98 Å². The summed E-state index contributed by atoms with van der Waals surface area (Å²) in [6, 6.07) is 17.9. The maximum absolute atomic E-state index is 11.9. The molecule has 1 aliphatic heterocycles. The lowest BCUT2D eigenvalue weighted by Gasteiger charge is -2.64. The first-order valence-electron chi connectivity index (χ1n) is 19.8. The molecule has 4 aromatic carbocycles. The van der Waals surface area contributed by atoms with Crippen molar-refractivity contribution in [3.8, 4) is 28.7 Å². The van der Waals surface area contributed by atoms with Crippen LogP contribution in [0.3, 0.4) is 0 Å². The summed E-state index contributed by atoms with van der Waals surface area (Å²) in [4.78, 5) is 9.51. The molecule has 5 aliphatic rings. The van der Waals surface area contributed by atoms with Crippen LogP contribution in [0.1, 0.15) is 66.3 Å². The molecule has 3 saturated carbocycles. The van der Waals surface area contributed by atoms with Crippen molar-refractivity contribution in [1.29, 1.82) is 0 Å². The largest absolute Gasteiger partial charge is 0.507 e. The monoisotopic (exact) mass is 739 g/mol. The fourth-order valence-electron chi connectivity index (χ4n) is 11.6. The minimum Gasteiger partial charge on any atom is -0.507 e. The Kier molecular flexibility index (Phi) is 8.97. The van der Waals surface area contributed by atoms with E-state index in [2.05, 4.69) is 46.7 Å². The van der Waals surface area contributed by atoms with E-state index >= 15 is 0 Å². The molecule has 4 aliphatic carbocycles. The molecule has 0 saturated heterocycles. The number of aliphatic hydroxyl groups is 1. The normalized spacial score (nSPS) is 29.3.